The van der Waals surface area contributed by atoms with Crippen LogP contribution in [0.1, 0.15) is 37.4 Å². The van der Waals surface area contributed by atoms with Crippen LogP contribution >= 0.6 is 0 Å². The lowest BCUT2D eigenvalue weighted by atomic mass is 10.0. The molecule has 1 amide bonds. The molecule has 0 saturated carbocycles. The van der Waals surface area contributed by atoms with Crippen LogP contribution < -0.4 is 10.9 Å². The third-order valence-electron chi connectivity index (χ3n) is 5.07. The first-order valence-corrected chi connectivity index (χ1v) is 9.80. The number of carboxylic acids is 1. The van der Waals surface area contributed by atoms with Crippen molar-refractivity contribution >= 4 is 22.8 Å². The van der Waals surface area contributed by atoms with E-state index in [1.54, 1.807) is 36.4 Å². The Morgan fingerprint density at radius 2 is 1.55 bits per heavy atom. The number of nitrogens with one attached hydrogen (secondary N) is 2. The van der Waals surface area contributed by atoms with Gasteiger partial charge in [-0.3, -0.25) is 9.59 Å². The minimum atomic E-state index is -0.992. The summed E-state index contributed by atoms with van der Waals surface area (Å²) >= 11 is 0. The minimum absolute atomic E-state index is 0.192. The Morgan fingerprint density at radius 3 is 2.26 bits per heavy atom. The van der Waals surface area contributed by atoms with Gasteiger partial charge in [-0.15, -0.1) is 0 Å². The molecule has 31 heavy (non-hydrogen) atoms. The molecule has 0 aliphatic heterocycles. The number of H-pyrrole nitrogens is 1. The number of pyridine rings is 1. The van der Waals surface area contributed by atoms with E-state index < -0.39 is 5.97 Å². The molecule has 4 aromatic rings. The molecule has 0 fully saturated rings. The first-order chi connectivity index (χ1) is 15.0. The molecule has 6 nitrogen and oxygen atoms in total. The standard InChI is InChI=1S/C25H20N2O4/c28-23(26-15-17-4-2-1-3-5-17)19-10-11-22-20(13-19)14-21(24(29)27-22)12-16-6-8-18(9-7-16)25(30)31/h1-11,13-14H,12,15H2,(H,26,28)(H,27,29)(H,30,31). The summed E-state index contributed by atoms with van der Waals surface area (Å²) in [5.74, 6) is -1.18. The lowest BCUT2D eigenvalue weighted by Gasteiger charge is -2.08. The number of aromatic amines is 1. The van der Waals surface area contributed by atoms with E-state index in [4.69, 9.17) is 5.11 Å². The number of rotatable bonds is 6. The maximum Gasteiger partial charge on any atom is 0.335 e. The minimum Gasteiger partial charge on any atom is -0.478 e. The highest BCUT2D eigenvalue weighted by Gasteiger charge is 2.10. The number of carbonyl (C=O) groups is 2. The second kappa shape index (κ2) is 8.67. The third kappa shape index (κ3) is 4.70. The lowest BCUT2D eigenvalue weighted by molar-refractivity contribution is 0.0696. The van der Waals surface area contributed by atoms with Crippen LogP contribution in [0.25, 0.3) is 10.9 Å². The van der Waals surface area contributed by atoms with Crippen molar-refractivity contribution in [2.75, 3.05) is 0 Å². The summed E-state index contributed by atoms with van der Waals surface area (Å²) in [5.41, 5.74) is 3.52. The van der Waals surface area contributed by atoms with E-state index in [-0.39, 0.29) is 17.0 Å². The molecule has 0 unspecified atom stereocenters. The molecular formula is C25H20N2O4. The predicted octanol–water partition coefficient (Wildman–Crippen LogP) is 3.75. The Labute approximate surface area is 178 Å². The molecule has 0 aliphatic carbocycles. The van der Waals surface area contributed by atoms with Gasteiger partial charge in [0.15, 0.2) is 0 Å². The van der Waals surface area contributed by atoms with E-state index in [0.717, 1.165) is 16.5 Å². The van der Waals surface area contributed by atoms with Crippen molar-refractivity contribution in [3.8, 4) is 0 Å². The van der Waals surface area contributed by atoms with Crippen LogP contribution in [-0.4, -0.2) is 22.0 Å². The summed E-state index contributed by atoms with van der Waals surface area (Å²) in [6, 6.07) is 23.0. The maximum atomic E-state index is 12.6. The molecule has 0 radical (unpaired) electrons. The second-order valence-electron chi connectivity index (χ2n) is 7.27. The molecule has 0 aliphatic rings. The fourth-order valence-corrected chi connectivity index (χ4v) is 3.39. The normalized spacial score (nSPS) is 10.7. The molecule has 3 N–H and O–H groups in total. The molecule has 4 rings (SSSR count). The smallest absolute Gasteiger partial charge is 0.335 e. The average Bonchev–Trinajstić information content (AvgIpc) is 2.78. The highest BCUT2D eigenvalue weighted by atomic mass is 16.4. The molecule has 154 valence electrons. The van der Waals surface area contributed by atoms with Gasteiger partial charge >= 0.3 is 5.97 Å². The summed E-state index contributed by atoms with van der Waals surface area (Å²) in [6.45, 7) is 0.431. The van der Waals surface area contributed by atoms with E-state index >= 15 is 0 Å². The summed E-state index contributed by atoms with van der Waals surface area (Å²) in [6.07, 6.45) is 0.357. The van der Waals surface area contributed by atoms with Crippen LogP contribution in [0.5, 0.6) is 0 Å². The Kier molecular flexibility index (Phi) is 5.62. The molecule has 6 heteroatoms. The Balaban J connectivity index is 1.55. The van der Waals surface area contributed by atoms with Crippen molar-refractivity contribution in [1.82, 2.24) is 10.3 Å². The first kappa shape index (κ1) is 20.1. The van der Waals surface area contributed by atoms with Gasteiger partial charge in [0.05, 0.1) is 5.56 Å². The predicted molar refractivity (Wildman–Crippen MR) is 118 cm³/mol. The van der Waals surface area contributed by atoms with Crippen LogP contribution in [0.15, 0.2) is 83.7 Å². The highest BCUT2D eigenvalue weighted by Crippen LogP contribution is 2.16. The summed E-state index contributed by atoms with van der Waals surface area (Å²) in [7, 11) is 0. The number of hydrogen-bond acceptors (Lipinski definition) is 3. The van der Waals surface area contributed by atoms with Crippen molar-refractivity contribution in [2.45, 2.75) is 13.0 Å². The zero-order valence-electron chi connectivity index (χ0n) is 16.6. The van der Waals surface area contributed by atoms with Gasteiger partial charge in [0.1, 0.15) is 0 Å². The van der Waals surface area contributed by atoms with E-state index in [1.807, 2.05) is 30.3 Å². The van der Waals surface area contributed by atoms with Crippen LogP contribution in [0.3, 0.4) is 0 Å². The molecule has 0 spiro atoms. The Bertz CT molecular complexity index is 1310. The number of benzene rings is 3. The SMILES string of the molecule is O=C(O)c1ccc(Cc2cc3cc(C(=O)NCc4ccccc4)ccc3[nH]c2=O)cc1. The monoisotopic (exact) mass is 412 g/mol. The summed E-state index contributed by atoms with van der Waals surface area (Å²) in [4.78, 5) is 38.9. The summed E-state index contributed by atoms with van der Waals surface area (Å²) in [5, 5.41) is 12.7. The van der Waals surface area contributed by atoms with Crippen molar-refractivity contribution < 1.29 is 14.7 Å². The van der Waals surface area contributed by atoms with Crippen LogP contribution in [0.4, 0.5) is 0 Å². The Hall–Kier alpha value is -4.19. The van der Waals surface area contributed by atoms with Gasteiger partial charge in [-0.25, -0.2) is 4.79 Å². The number of fused-ring (bicyclic) bond motifs is 1. The van der Waals surface area contributed by atoms with E-state index in [9.17, 15) is 14.4 Å². The fraction of sp³-hybridized carbons (Fsp3) is 0.0800. The van der Waals surface area contributed by atoms with Gasteiger partial charge in [0.25, 0.3) is 11.5 Å². The molecule has 0 bridgehead atoms. The first-order valence-electron chi connectivity index (χ1n) is 9.80. The van der Waals surface area contributed by atoms with Crippen LogP contribution in [0, 0.1) is 0 Å². The molecule has 3 aromatic carbocycles. The maximum absolute atomic E-state index is 12.6. The quantitative estimate of drug-likeness (QED) is 0.449. The molecule has 0 saturated heterocycles. The largest absolute Gasteiger partial charge is 0.478 e. The number of aromatic carboxylic acids is 1. The van der Waals surface area contributed by atoms with Gasteiger partial charge in [0, 0.05) is 29.6 Å². The number of carboxylic acid groups (broad SMARTS) is 1. The second-order valence-corrected chi connectivity index (χ2v) is 7.27. The van der Waals surface area contributed by atoms with Gasteiger partial charge in [-0.1, -0.05) is 42.5 Å². The molecule has 1 heterocycles. The van der Waals surface area contributed by atoms with Crippen molar-refractivity contribution in [3.63, 3.8) is 0 Å². The summed E-state index contributed by atoms with van der Waals surface area (Å²) < 4.78 is 0. The zero-order valence-corrected chi connectivity index (χ0v) is 16.6. The lowest BCUT2D eigenvalue weighted by Crippen LogP contribution is -2.22. The van der Waals surface area contributed by atoms with E-state index in [0.29, 0.717) is 29.6 Å². The van der Waals surface area contributed by atoms with Gasteiger partial charge in [-0.05, 0) is 52.9 Å². The van der Waals surface area contributed by atoms with Gasteiger partial charge in [0.2, 0.25) is 0 Å². The van der Waals surface area contributed by atoms with Crippen molar-refractivity contribution in [3.05, 3.63) is 117 Å². The topological polar surface area (TPSA) is 99.3 Å². The highest BCUT2D eigenvalue weighted by molar-refractivity contribution is 5.98. The van der Waals surface area contributed by atoms with Gasteiger partial charge < -0.3 is 15.4 Å². The molecule has 0 atom stereocenters. The number of amides is 1. The van der Waals surface area contributed by atoms with Crippen LogP contribution in [-0.2, 0) is 13.0 Å². The number of carbonyl (C=O) groups excluding carboxylic acids is 1. The number of aromatic nitrogens is 1. The molecule has 1 aromatic heterocycles. The number of hydrogen-bond donors (Lipinski definition) is 3. The third-order valence-corrected chi connectivity index (χ3v) is 5.07. The molecular weight excluding hydrogens is 392 g/mol. The van der Waals surface area contributed by atoms with Crippen LogP contribution in [0.2, 0.25) is 0 Å². The fourth-order valence-electron chi connectivity index (χ4n) is 3.39. The zero-order chi connectivity index (χ0) is 21.8. The Morgan fingerprint density at radius 1 is 0.839 bits per heavy atom. The average molecular weight is 412 g/mol. The van der Waals surface area contributed by atoms with Gasteiger partial charge in [-0.2, -0.15) is 0 Å². The van der Waals surface area contributed by atoms with E-state index in [2.05, 4.69) is 10.3 Å². The van der Waals surface area contributed by atoms with E-state index in [1.165, 1.54) is 12.1 Å². The van der Waals surface area contributed by atoms with Crippen molar-refractivity contribution in [1.29, 1.82) is 0 Å². The van der Waals surface area contributed by atoms with Crippen molar-refractivity contribution in [2.24, 2.45) is 0 Å².